The van der Waals surface area contributed by atoms with Crippen molar-refractivity contribution in [3.05, 3.63) is 36.5 Å². The van der Waals surface area contributed by atoms with Crippen LogP contribution in [-0.2, 0) is 38.1 Å². The lowest BCUT2D eigenvalue weighted by molar-refractivity contribution is -0.187. The predicted molar refractivity (Wildman–Crippen MR) is 108 cm³/mol. The first-order valence-corrected chi connectivity index (χ1v) is 10.00. The van der Waals surface area contributed by atoms with Crippen molar-refractivity contribution >= 4 is 23.9 Å². The quantitative estimate of drug-likeness (QED) is 0.203. The maximum atomic E-state index is 12.7. The Hall–Kier alpha value is -2.90. The predicted octanol–water partition coefficient (Wildman–Crippen LogP) is 2.96. The highest BCUT2D eigenvalue weighted by molar-refractivity contribution is 5.86. The lowest BCUT2D eigenvalue weighted by atomic mass is 10.0. The Labute approximate surface area is 176 Å². The number of carbonyl (C=O) groups excluding carboxylic acids is 4. The summed E-state index contributed by atoms with van der Waals surface area (Å²) in [5, 5.41) is 0. The summed E-state index contributed by atoms with van der Waals surface area (Å²) in [5.74, 6) is -2.57. The number of cyclic esters (lactones) is 1. The van der Waals surface area contributed by atoms with E-state index < -0.39 is 48.3 Å². The highest BCUT2D eigenvalue weighted by Crippen LogP contribution is 2.22. The number of hydrogen-bond acceptors (Lipinski definition) is 8. The van der Waals surface area contributed by atoms with Crippen molar-refractivity contribution in [2.24, 2.45) is 0 Å². The van der Waals surface area contributed by atoms with Gasteiger partial charge in [-0.05, 0) is 32.3 Å². The number of esters is 4. The summed E-state index contributed by atoms with van der Waals surface area (Å²) in [6.45, 7) is 6.14. The summed E-state index contributed by atoms with van der Waals surface area (Å²) < 4.78 is 21.5. The first-order chi connectivity index (χ1) is 14.3. The summed E-state index contributed by atoms with van der Waals surface area (Å²) >= 11 is 0. The molecule has 8 heteroatoms. The van der Waals surface area contributed by atoms with Crippen LogP contribution in [0, 0.1) is 0 Å². The number of hydrogen-bond donors (Lipinski definition) is 0. The zero-order valence-corrected chi connectivity index (χ0v) is 17.9. The van der Waals surface area contributed by atoms with Crippen molar-refractivity contribution in [1.82, 2.24) is 0 Å². The molecule has 4 atom stereocenters. The average Bonchev–Trinajstić information content (AvgIpc) is 2.66. The van der Waals surface area contributed by atoms with Gasteiger partial charge < -0.3 is 18.9 Å². The molecule has 1 aliphatic heterocycles. The van der Waals surface area contributed by atoms with Gasteiger partial charge in [-0.3, -0.25) is 9.59 Å². The molecule has 8 nitrogen and oxygen atoms in total. The average molecular weight is 422 g/mol. The van der Waals surface area contributed by atoms with Gasteiger partial charge in [-0.1, -0.05) is 37.6 Å². The smallest absolute Gasteiger partial charge is 0.347 e. The number of ether oxygens (including phenoxy) is 4. The molecule has 0 N–H and O–H groups in total. The van der Waals surface area contributed by atoms with Crippen LogP contribution in [0.5, 0.6) is 0 Å². The third kappa shape index (κ3) is 9.07. The van der Waals surface area contributed by atoms with E-state index in [0.29, 0.717) is 19.3 Å². The first kappa shape index (κ1) is 25.1. The van der Waals surface area contributed by atoms with Gasteiger partial charge in [0, 0.05) is 19.9 Å². The van der Waals surface area contributed by atoms with Crippen LogP contribution in [0.4, 0.5) is 0 Å². The topological polar surface area (TPSA) is 105 Å². The van der Waals surface area contributed by atoms with Crippen LogP contribution in [0.15, 0.2) is 36.5 Å². The van der Waals surface area contributed by atoms with Gasteiger partial charge in [0.05, 0.1) is 0 Å². The maximum Gasteiger partial charge on any atom is 0.347 e. The van der Waals surface area contributed by atoms with E-state index in [1.807, 2.05) is 6.92 Å². The van der Waals surface area contributed by atoms with Gasteiger partial charge >= 0.3 is 23.9 Å². The second-order valence-corrected chi connectivity index (χ2v) is 6.73. The summed E-state index contributed by atoms with van der Waals surface area (Å²) in [7, 11) is 0. The standard InChI is InChI=1S/C22H30O8/c1-5-7-8-14-20(25)29-19-13-10-9-12-18(27-15(3)23)21(28-16(4)24)17(11-6-2)30-22(19)26/h5,7-9,12,14,17-19,21H,6,10-11,13H2,1-4H3. The van der Waals surface area contributed by atoms with E-state index in [1.165, 1.54) is 26.0 Å². The van der Waals surface area contributed by atoms with Crippen molar-refractivity contribution in [1.29, 1.82) is 0 Å². The molecule has 0 fully saturated rings. The fourth-order valence-corrected chi connectivity index (χ4v) is 2.88. The lowest BCUT2D eigenvalue weighted by Crippen LogP contribution is -2.46. The van der Waals surface area contributed by atoms with E-state index in [1.54, 1.807) is 31.2 Å². The van der Waals surface area contributed by atoms with Crippen LogP contribution < -0.4 is 0 Å². The van der Waals surface area contributed by atoms with Gasteiger partial charge in [-0.25, -0.2) is 9.59 Å². The summed E-state index contributed by atoms with van der Waals surface area (Å²) in [4.78, 5) is 47.9. The Morgan fingerprint density at radius 3 is 2.43 bits per heavy atom. The van der Waals surface area contributed by atoms with Crippen LogP contribution in [0.3, 0.4) is 0 Å². The van der Waals surface area contributed by atoms with Gasteiger partial charge in [0.25, 0.3) is 0 Å². The van der Waals surface area contributed by atoms with Crippen molar-refractivity contribution in [3.63, 3.8) is 0 Å². The van der Waals surface area contributed by atoms with E-state index in [9.17, 15) is 19.2 Å². The van der Waals surface area contributed by atoms with E-state index >= 15 is 0 Å². The first-order valence-electron chi connectivity index (χ1n) is 10.00. The highest BCUT2D eigenvalue weighted by Gasteiger charge is 2.38. The molecule has 0 saturated carbocycles. The molecule has 0 amide bonds. The summed E-state index contributed by atoms with van der Waals surface area (Å²) in [5.41, 5.74) is 0. The van der Waals surface area contributed by atoms with Gasteiger partial charge in [0.1, 0.15) is 6.10 Å². The summed E-state index contributed by atoms with van der Waals surface area (Å²) in [6, 6.07) is 0. The third-order valence-corrected chi connectivity index (χ3v) is 4.11. The molecule has 1 heterocycles. The molecular formula is C22H30O8. The molecule has 0 spiro atoms. The molecule has 1 aliphatic rings. The fraction of sp³-hybridized carbons (Fsp3) is 0.545. The minimum atomic E-state index is -1.11. The zero-order chi connectivity index (χ0) is 22.5. The molecule has 0 aromatic rings. The van der Waals surface area contributed by atoms with Gasteiger partial charge in [0.15, 0.2) is 18.3 Å². The van der Waals surface area contributed by atoms with Crippen molar-refractivity contribution in [2.45, 2.75) is 77.8 Å². The van der Waals surface area contributed by atoms with E-state index in [4.69, 9.17) is 18.9 Å². The van der Waals surface area contributed by atoms with E-state index in [-0.39, 0.29) is 6.42 Å². The molecule has 0 aromatic carbocycles. The van der Waals surface area contributed by atoms with Crippen molar-refractivity contribution in [2.75, 3.05) is 0 Å². The van der Waals surface area contributed by atoms with Gasteiger partial charge in [-0.15, -0.1) is 0 Å². The Bertz CT molecular complexity index is 691. The van der Waals surface area contributed by atoms with Crippen molar-refractivity contribution in [3.8, 4) is 0 Å². The molecule has 0 aliphatic carbocycles. The van der Waals surface area contributed by atoms with Crippen LogP contribution in [0.1, 0.15) is 53.4 Å². The monoisotopic (exact) mass is 422 g/mol. The molecular weight excluding hydrogens is 392 g/mol. The van der Waals surface area contributed by atoms with Crippen LogP contribution in [0.2, 0.25) is 0 Å². The molecule has 0 bridgehead atoms. The molecule has 30 heavy (non-hydrogen) atoms. The Morgan fingerprint density at radius 1 is 1.13 bits per heavy atom. The van der Waals surface area contributed by atoms with Crippen LogP contribution in [-0.4, -0.2) is 48.3 Å². The van der Waals surface area contributed by atoms with Crippen LogP contribution >= 0.6 is 0 Å². The highest BCUT2D eigenvalue weighted by atomic mass is 16.6. The Balaban J connectivity index is 3.14. The minimum Gasteiger partial charge on any atom is -0.456 e. The van der Waals surface area contributed by atoms with Crippen LogP contribution in [0.25, 0.3) is 0 Å². The Morgan fingerprint density at radius 2 is 1.83 bits per heavy atom. The largest absolute Gasteiger partial charge is 0.456 e. The lowest BCUT2D eigenvalue weighted by Gasteiger charge is -2.32. The normalized spacial score (nSPS) is 25.0. The maximum absolute atomic E-state index is 12.7. The third-order valence-electron chi connectivity index (χ3n) is 4.11. The van der Waals surface area contributed by atoms with E-state index in [2.05, 4.69) is 0 Å². The molecule has 0 saturated heterocycles. The second kappa shape index (κ2) is 13.3. The molecule has 4 unspecified atom stereocenters. The number of carbonyl (C=O) groups is 4. The SMILES string of the molecule is CC=CC=CC(=O)OC1CCC=CC(OC(C)=O)C(OC(C)=O)C(CCC)OC1=O. The van der Waals surface area contributed by atoms with Gasteiger partial charge in [0.2, 0.25) is 0 Å². The van der Waals surface area contributed by atoms with E-state index in [0.717, 1.165) is 0 Å². The zero-order valence-electron chi connectivity index (χ0n) is 17.9. The Kier molecular flexibility index (Phi) is 11.2. The van der Waals surface area contributed by atoms with Crippen molar-refractivity contribution < 1.29 is 38.1 Å². The second-order valence-electron chi connectivity index (χ2n) is 6.73. The number of allylic oxidation sites excluding steroid dienone is 4. The summed E-state index contributed by atoms with van der Waals surface area (Å²) in [6.07, 6.45) is 7.04. The molecule has 1 rings (SSSR count). The number of rotatable bonds is 7. The molecule has 166 valence electrons. The molecule has 0 aromatic heterocycles. The van der Waals surface area contributed by atoms with Gasteiger partial charge in [-0.2, -0.15) is 0 Å². The fourth-order valence-electron chi connectivity index (χ4n) is 2.88. The minimum absolute atomic E-state index is 0.197. The molecule has 0 radical (unpaired) electrons.